The molecule has 0 aliphatic rings. The lowest BCUT2D eigenvalue weighted by Crippen LogP contribution is -2.12. The molecule has 0 aromatic carbocycles. The second kappa shape index (κ2) is 6.21. The molecule has 0 aliphatic heterocycles. The SMILES string of the molecule is CCC(c1cccs1)n1c(C)nnc1SCC(=O)O. The fourth-order valence-corrected chi connectivity index (χ4v) is 3.58. The molecular formula is C12H15N3O2S2. The Morgan fingerprint density at radius 2 is 2.37 bits per heavy atom. The van der Waals surface area contributed by atoms with Crippen molar-refractivity contribution < 1.29 is 9.90 Å². The van der Waals surface area contributed by atoms with Crippen molar-refractivity contribution in [2.75, 3.05) is 5.75 Å². The maximum absolute atomic E-state index is 10.7. The van der Waals surface area contributed by atoms with Gasteiger partial charge in [-0.1, -0.05) is 24.8 Å². The monoisotopic (exact) mass is 297 g/mol. The van der Waals surface area contributed by atoms with Gasteiger partial charge >= 0.3 is 5.97 Å². The van der Waals surface area contributed by atoms with Crippen molar-refractivity contribution >= 4 is 29.1 Å². The Balaban J connectivity index is 2.31. The van der Waals surface area contributed by atoms with Gasteiger partial charge in [0.25, 0.3) is 0 Å². The second-order valence-electron chi connectivity index (χ2n) is 4.02. The zero-order valence-electron chi connectivity index (χ0n) is 10.7. The van der Waals surface area contributed by atoms with Gasteiger partial charge in [0.05, 0.1) is 11.8 Å². The van der Waals surface area contributed by atoms with Crippen LogP contribution in [0.2, 0.25) is 0 Å². The van der Waals surface area contributed by atoms with Crippen molar-refractivity contribution in [1.29, 1.82) is 0 Å². The van der Waals surface area contributed by atoms with Gasteiger partial charge in [0.15, 0.2) is 5.16 Å². The molecule has 7 heteroatoms. The molecular weight excluding hydrogens is 282 g/mol. The van der Waals surface area contributed by atoms with Gasteiger partial charge in [-0.3, -0.25) is 9.36 Å². The first-order valence-electron chi connectivity index (χ1n) is 5.93. The molecule has 2 aromatic rings. The summed E-state index contributed by atoms with van der Waals surface area (Å²) in [7, 11) is 0. The Hall–Kier alpha value is -1.34. The number of thiophene rings is 1. The number of hydrogen-bond donors (Lipinski definition) is 1. The van der Waals surface area contributed by atoms with E-state index in [9.17, 15) is 4.79 Å². The van der Waals surface area contributed by atoms with Crippen molar-refractivity contribution in [3.8, 4) is 0 Å². The van der Waals surface area contributed by atoms with Gasteiger partial charge in [0, 0.05) is 4.88 Å². The van der Waals surface area contributed by atoms with Gasteiger partial charge in [-0.2, -0.15) is 0 Å². The molecule has 19 heavy (non-hydrogen) atoms. The van der Waals surface area contributed by atoms with Crippen LogP contribution in [0.5, 0.6) is 0 Å². The highest BCUT2D eigenvalue weighted by Gasteiger charge is 2.20. The zero-order valence-corrected chi connectivity index (χ0v) is 12.4. The predicted molar refractivity (Wildman–Crippen MR) is 75.9 cm³/mol. The first-order chi connectivity index (χ1) is 9.13. The maximum Gasteiger partial charge on any atom is 0.313 e. The highest BCUT2D eigenvalue weighted by Crippen LogP contribution is 2.31. The lowest BCUT2D eigenvalue weighted by molar-refractivity contribution is -0.133. The minimum Gasteiger partial charge on any atom is -0.481 e. The molecule has 0 bridgehead atoms. The van der Waals surface area contributed by atoms with E-state index in [1.807, 2.05) is 22.9 Å². The molecule has 5 nitrogen and oxygen atoms in total. The summed E-state index contributed by atoms with van der Waals surface area (Å²) in [6, 6.07) is 4.28. The Morgan fingerprint density at radius 1 is 1.58 bits per heavy atom. The fraction of sp³-hybridized carbons (Fsp3) is 0.417. The molecule has 1 N–H and O–H groups in total. The van der Waals surface area contributed by atoms with Gasteiger partial charge < -0.3 is 5.11 Å². The van der Waals surface area contributed by atoms with E-state index in [2.05, 4.69) is 23.2 Å². The minimum atomic E-state index is -0.846. The molecule has 102 valence electrons. The molecule has 2 aromatic heterocycles. The lowest BCUT2D eigenvalue weighted by atomic mass is 10.2. The van der Waals surface area contributed by atoms with Gasteiger partial charge in [0.2, 0.25) is 0 Å². The summed E-state index contributed by atoms with van der Waals surface area (Å²) >= 11 is 2.91. The van der Waals surface area contributed by atoms with E-state index in [0.29, 0.717) is 5.16 Å². The van der Waals surface area contributed by atoms with Crippen LogP contribution in [0.15, 0.2) is 22.7 Å². The Bertz CT molecular complexity index is 551. The molecule has 2 heterocycles. The first kappa shape index (κ1) is 14.1. The van der Waals surface area contributed by atoms with E-state index in [0.717, 1.165) is 12.2 Å². The number of aromatic nitrogens is 3. The van der Waals surface area contributed by atoms with Crippen molar-refractivity contribution in [3.05, 3.63) is 28.2 Å². The molecule has 0 radical (unpaired) electrons. The first-order valence-corrected chi connectivity index (χ1v) is 7.79. The highest BCUT2D eigenvalue weighted by atomic mass is 32.2. The quantitative estimate of drug-likeness (QED) is 0.830. The van der Waals surface area contributed by atoms with Crippen LogP contribution in [-0.2, 0) is 4.79 Å². The number of carbonyl (C=O) groups is 1. The average Bonchev–Trinajstić information content (AvgIpc) is 3.00. The maximum atomic E-state index is 10.7. The predicted octanol–water partition coefficient (Wildman–Crippen LogP) is 2.82. The third kappa shape index (κ3) is 3.16. The van der Waals surface area contributed by atoms with E-state index in [1.54, 1.807) is 11.3 Å². The van der Waals surface area contributed by atoms with Crippen molar-refractivity contribution in [1.82, 2.24) is 14.8 Å². The fourth-order valence-electron chi connectivity index (χ4n) is 1.93. The Kier molecular flexibility index (Phi) is 4.60. The minimum absolute atomic E-state index is 0.000984. The second-order valence-corrected chi connectivity index (χ2v) is 5.94. The van der Waals surface area contributed by atoms with Gasteiger partial charge in [-0.05, 0) is 24.8 Å². The average molecular weight is 297 g/mol. The summed E-state index contributed by atoms with van der Waals surface area (Å²) in [5, 5.41) is 19.6. The number of aryl methyl sites for hydroxylation is 1. The van der Waals surface area contributed by atoms with Crippen molar-refractivity contribution in [2.24, 2.45) is 0 Å². The number of nitrogens with zero attached hydrogens (tertiary/aromatic N) is 3. The Labute approximate surface area is 119 Å². The van der Waals surface area contributed by atoms with E-state index < -0.39 is 5.97 Å². The van der Waals surface area contributed by atoms with Crippen LogP contribution in [0.4, 0.5) is 0 Å². The lowest BCUT2D eigenvalue weighted by Gasteiger charge is -2.18. The molecule has 2 rings (SSSR count). The van der Waals surface area contributed by atoms with Gasteiger partial charge in [-0.15, -0.1) is 21.5 Å². The van der Waals surface area contributed by atoms with Crippen LogP contribution in [-0.4, -0.2) is 31.6 Å². The van der Waals surface area contributed by atoms with Crippen LogP contribution < -0.4 is 0 Å². The summed E-state index contributed by atoms with van der Waals surface area (Å²) < 4.78 is 2.03. The smallest absolute Gasteiger partial charge is 0.313 e. The van der Waals surface area contributed by atoms with Crippen molar-refractivity contribution in [3.63, 3.8) is 0 Å². The standard InChI is InChI=1S/C12H15N3O2S2/c1-3-9(10-5-4-6-18-10)15-8(2)13-14-12(15)19-7-11(16)17/h4-6,9H,3,7H2,1-2H3,(H,16,17). The molecule has 0 spiro atoms. The molecule has 0 saturated carbocycles. The number of aliphatic carboxylic acids is 1. The van der Waals surface area contributed by atoms with E-state index in [-0.39, 0.29) is 11.8 Å². The zero-order chi connectivity index (χ0) is 13.8. The molecule has 1 atom stereocenters. The molecule has 0 fully saturated rings. The third-order valence-corrected chi connectivity index (χ3v) is 4.63. The summed E-state index contributed by atoms with van der Waals surface area (Å²) in [6.45, 7) is 4.00. The van der Waals surface area contributed by atoms with E-state index in [4.69, 9.17) is 5.11 Å². The van der Waals surface area contributed by atoms with Gasteiger partial charge in [-0.25, -0.2) is 0 Å². The molecule has 1 unspecified atom stereocenters. The third-order valence-electron chi connectivity index (χ3n) is 2.73. The van der Waals surface area contributed by atoms with E-state index in [1.165, 1.54) is 16.6 Å². The number of rotatable bonds is 6. The number of hydrogen-bond acceptors (Lipinski definition) is 5. The number of carboxylic acid groups (broad SMARTS) is 1. The Morgan fingerprint density at radius 3 is 2.95 bits per heavy atom. The summed E-state index contributed by atoms with van der Waals surface area (Å²) in [4.78, 5) is 11.9. The highest BCUT2D eigenvalue weighted by molar-refractivity contribution is 7.99. The molecule has 0 amide bonds. The summed E-state index contributed by atoms with van der Waals surface area (Å²) in [6.07, 6.45) is 0.917. The van der Waals surface area contributed by atoms with Crippen LogP contribution >= 0.6 is 23.1 Å². The summed E-state index contributed by atoms with van der Waals surface area (Å²) in [5.41, 5.74) is 0. The van der Waals surface area contributed by atoms with Crippen LogP contribution in [0.1, 0.15) is 30.1 Å². The van der Waals surface area contributed by atoms with E-state index >= 15 is 0 Å². The topological polar surface area (TPSA) is 68.0 Å². The summed E-state index contributed by atoms with van der Waals surface area (Å²) in [5.74, 6) is -0.0338. The van der Waals surface area contributed by atoms with Crippen molar-refractivity contribution in [2.45, 2.75) is 31.5 Å². The number of thioether (sulfide) groups is 1. The molecule has 0 aliphatic carbocycles. The normalized spacial score (nSPS) is 12.5. The number of carboxylic acids is 1. The largest absolute Gasteiger partial charge is 0.481 e. The van der Waals surface area contributed by atoms with Crippen LogP contribution in [0.3, 0.4) is 0 Å². The molecule has 0 saturated heterocycles. The van der Waals surface area contributed by atoms with Gasteiger partial charge in [0.1, 0.15) is 5.82 Å². The van der Waals surface area contributed by atoms with Crippen LogP contribution in [0, 0.1) is 6.92 Å². The van der Waals surface area contributed by atoms with Crippen LogP contribution in [0.25, 0.3) is 0 Å².